The van der Waals surface area contributed by atoms with Crippen molar-refractivity contribution in [3.8, 4) is 5.69 Å². The number of hydrogen-bond donors (Lipinski definition) is 1. The first kappa shape index (κ1) is 22.2. The van der Waals surface area contributed by atoms with Gasteiger partial charge >= 0.3 is 12.1 Å². The molecule has 3 heterocycles. The maximum atomic E-state index is 14.0. The van der Waals surface area contributed by atoms with Crippen molar-refractivity contribution in [2.45, 2.75) is 6.18 Å². The maximum absolute atomic E-state index is 14.0. The third kappa shape index (κ3) is 4.22. The Bertz CT molecular complexity index is 1380. The summed E-state index contributed by atoms with van der Waals surface area (Å²) in [5, 5.41) is 6.41. The first-order chi connectivity index (χ1) is 15.7. The summed E-state index contributed by atoms with van der Waals surface area (Å²) in [6, 6.07) is 9.01. The van der Waals surface area contributed by atoms with E-state index in [0.717, 1.165) is 19.5 Å². The molecule has 0 aliphatic rings. The maximum Gasteiger partial charge on any atom is 0.434 e. The molecule has 8 nitrogen and oxygen atoms in total. The lowest BCUT2D eigenvalue weighted by molar-refractivity contribution is -0.143. The van der Waals surface area contributed by atoms with E-state index >= 15 is 0 Å². The monoisotopic (exact) mass is 475 g/mol. The van der Waals surface area contributed by atoms with Gasteiger partial charge in [0.2, 0.25) is 0 Å². The quantitative estimate of drug-likeness (QED) is 0.435. The number of aromatic nitrogens is 4. The van der Waals surface area contributed by atoms with Crippen LogP contribution in [-0.4, -0.2) is 38.7 Å². The number of rotatable bonds is 4. The normalized spacial score (nSPS) is 11.4. The molecule has 0 aliphatic heterocycles. The Kier molecular flexibility index (Phi) is 5.73. The molecule has 4 aromatic rings. The van der Waals surface area contributed by atoms with Crippen molar-refractivity contribution in [1.29, 1.82) is 0 Å². The van der Waals surface area contributed by atoms with Gasteiger partial charge in [-0.3, -0.25) is 9.78 Å². The fourth-order valence-corrected chi connectivity index (χ4v) is 3.44. The molecular formula is C21H13ClF3N5O3. The smallest absolute Gasteiger partial charge is 0.434 e. The highest BCUT2D eigenvalue weighted by molar-refractivity contribution is 6.33. The number of pyridine rings is 2. The molecule has 33 heavy (non-hydrogen) atoms. The standard InChI is InChI=1S/C21H13ClF3N5O3/c1-33-20(32)17-14(22)8-11(9-27-17)29-19(31)13-10-28-30(18(13)21(23,24)25)16-6-2-5-15-12(16)4-3-7-26-15/h2-10H,1H3,(H,29,31). The van der Waals surface area contributed by atoms with Crippen LogP contribution in [0.1, 0.15) is 26.5 Å². The van der Waals surface area contributed by atoms with Gasteiger partial charge in [0, 0.05) is 11.6 Å². The Balaban J connectivity index is 1.75. The molecule has 0 fully saturated rings. The molecule has 0 saturated carbocycles. The number of methoxy groups -OCH3 is 1. The van der Waals surface area contributed by atoms with Crippen LogP contribution >= 0.6 is 11.6 Å². The molecule has 0 bridgehead atoms. The van der Waals surface area contributed by atoms with Crippen molar-refractivity contribution < 1.29 is 27.5 Å². The largest absolute Gasteiger partial charge is 0.464 e. The summed E-state index contributed by atoms with van der Waals surface area (Å²) in [5.74, 6) is -1.89. The lowest BCUT2D eigenvalue weighted by Crippen LogP contribution is -2.21. The zero-order chi connectivity index (χ0) is 23.8. The summed E-state index contributed by atoms with van der Waals surface area (Å²) in [7, 11) is 1.14. The van der Waals surface area contributed by atoms with Gasteiger partial charge in [-0.1, -0.05) is 17.7 Å². The molecule has 4 rings (SSSR count). The number of ether oxygens (including phenoxy) is 1. The van der Waals surface area contributed by atoms with Crippen LogP contribution in [0.5, 0.6) is 0 Å². The van der Waals surface area contributed by atoms with E-state index < -0.39 is 29.3 Å². The van der Waals surface area contributed by atoms with Gasteiger partial charge < -0.3 is 10.1 Å². The van der Waals surface area contributed by atoms with Gasteiger partial charge in [0.25, 0.3) is 5.91 Å². The third-order valence-corrected chi connectivity index (χ3v) is 4.90. The Hall–Kier alpha value is -3.99. The lowest BCUT2D eigenvalue weighted by Gasteiger charge is -2.14. The molecule has 1 N–H and O–H groups in total. The van der Waals surface area contributed by atoms with E-state index in [9.17, 15) is 22.8 Å². The Morgan fingerprint density at radius 3 is 2.61 bits per heavy atom. The second-order valence-corrected chi connectivity index (χ2v) is 7.07. The fraction of sp³-hybridized carbons (Fsp3) is 0.0952. The van der Waals surface area contributed by atoms with Crippen LogP contribution in [0.25, 0.3) is 16.6 Å². The number of nitrogens with one attached hydrogen (secondary N) is 1. The second-order valence-electron chi connectivity index (χ2n) is 6.66. The summed E-state index contributed by atoms with van der Waals surface area (Å²) in [5.41, 5.74) is -1.62. The Labute approximate surface area is 189 Å². The summed E-state index contributed by atoms with van der Waals surface area (Å²) in [6.45, 7) is 0. The molecule has 0 spiro atoms. The predicted molar refractivity (Wildman–Crippen MR) is 112 cm³/mol. The van der Waals surface area contributed by atoms with Crippen molar-refractivity contribution >= 4 is 40.1 Å². The van der Waals surface area contributed by atoms with Crippen LogP contribution in [0.2, 0.25) is 5.02 Å². The molecule has 0 radical (unpaired) electrons. The first-order valence-corrected chi connectivity index (χ1v) is 9.63. The van der Waals surface area contributed by atoms with Crippen molar-refractivity contribution in [3.05, 3.63) is 77.0 Å². The fourth-order valence-electron chi connectivity index (χ4n) is 3.19. The molecule has 168 valence electrons. The van der Waals surface area contributed by atoms with Crippen LogP contribution in [0.3, 0.4) is 0 Å². The summed E-state index contributed by atoms with van der Waals surface area (Å²) in [4.78, 5) is 32.2. The number of halogens is 4. The van der Waals surface area contributed by atoms with Crippen molar-refractivity contribution in [2.75, 3.05) is 12.4 Å². The molecular weight excluding hydrogens is 463 g/mol. The SMILES string of the molecule is COC(=O)c1ncc(NC(=O)c2cnn(-c3cccc4ncccc34)c2C(F)(F)F)cc1Cl. The number of carbonyl (C=O) groups excluding carboxylic acids is 2. The van der Waals surface area contributed by atoms with Crippen LogP contribution in [0, 0.1) is 0 Å². The van der Waals surface area contributed by atoms with Gasteiger partial charge in [-0.15, -0.1) is 0 Å². The van der Waals surface area contributed by atoms with Gasteiger partial charge in [0.1, 0.15) is 0 Å². The first-order valence-electron chi connectivity index (χ1n) is 9.25. The minimum Gasteiger partial charge on any atom is -0.464 e. The average molecular weight is 476 g/mol. The highest BCUT2D eigenvalue weighted by atomic mass is 35.5. The van der Waals surface area contributed by atoms with E-state index in [1.807, 2.05) is 0 Å². The molecule has 0 unspecified atom stereocenters. The van der Waals surface area contributed by atoms with Crippen LogP contribution in [-0.2, 0) is 10.9 Å². The summed E-state index contributed by atoms with van der Waals surface area (Å²) >= 11 is 5.96. The average Bonchev–Trinajstić information content (AvgIpc) is 3.24. The topological polar surface area (TPSA) is 99.0 Å². The van der Waals surface area contributed by atoms with Crippen molar-refractivity contribution in [1.82, 2.24) is 19.7 Å². The number of amides is 1. The van der Waals surface area contributed by atoms with Crippen LogP contribution in [0.4, 0.5) is 18.9 Å². The van der Waals surface area contributed by atoms with Crippen molar-refractivity contribution in [2.24, 2.45) is 0 Å². The third-order valence-electron chi connectivity index (χ3n) is 4.61. The Morgan fingerprint density at radius 1 is 1.12 bits per heavy atom. The zero-order valence-corrected chi connectivity index (χ0v) is 17.5. The number of benzene rings is 1. The van der Waals surface area contributed by atoms with E-state index in [4.69, 9.17) is 11.6 Å². The second kappa shape index (κ2) is 8.51. The van der Waals surface area contributed by atoms with E-state index in [0.29, 0.717) is 15.6 Å². The lowest BCUT2D eigenvalue weighted by atomic mass is 10.1. The number of nitrogens with zero attached hydrogens (tertiary/aromatic N) is 4. The molecule has 0 saturated heterocycles. The molecule has 0 aliphatic carbocycles. The minimum absolute atomic E-state index is 0.0205. The molecule has 1 aromatic carbocycles. The van der Waals surface area contributed by atoms with Gasteiger partial charge in [-0.05, 0) is 30.3 Å². The minimum atomic E-state index is -4.90. The predicted octanol–water partition coefficient (Wildman–Crippen LogP) is 4.53. The van der Waals surface area contributed by atoms with Gasteiger partial charge in [0.05, 0.1) is 47.0 Å². The number of alkyl halides is 3. The van der Waals surface area contributed by atoms with E-state index in [2.05, 4.69) is 25.1 Å². The Morgan fingerprint density at radius 2 is 1.91 bits per heavy atom. The number of hydrogen-bond acceptors (Lipinski definition) is 6. The van der Waals surface area contributed by atoms with E-state index in [1.54, 1.807) is 24.3 Å². The molecule has 3 aromatic heterocycles. The summed E-state index contributed by atoms with van der Waals surface area (Å²) in [6.07, 6.45) is -1.49. The number of carbonyl (C=O) groups is 2. The number of anilines is 1. The van der Waals surface area contributed by atoms with Gasteiger partial charge in [0.15, 0.2) is 11.4 Å². The van der Waals surface area contributed by atoms with Crippen molar-refractivity contribution in [3.63, 3.8) is 0 Å². The molecule has 1 amide bonds. The van der Waals surface area contributed by atoms with E-state index in [1.165, 1.54) is 18.3 Å². The van der Waals surface area contributed by atoms with Gasteiger partial charge in [-0.2, -0.15) is 18.3 Å². The summed E-state index contributed by atoms with van der Waals surface area (Å²) < 4.78 is 47.3. The van der Waals surface area contributed by atoms with Gasteiger partial charge in [-0.25, -0.2) is 14.5 Å². The number of esters is 1. The van der Waals surface area contributed by atoms with Crippen LogP contribution < -0.4 is 5.32 Å². The highest BCUT2D eigenvalue weighted by Gasteiger charge is 2.41. The molecule has 0 atom stereocenters. The zero-order valence-electron chi connectivity index (χ0n) is 16.7. The molecule has 12 heteroatoms. The highest BCUT2D eigenvalue weighted by Crippen LogP contribution is 2.35. The van der Waals surface area contributed by atoms with Crippen LogP contribution in [0.15, 0.2) is 55.0 Å². The van der Waals surface area contributed by atoms with E-state index in [-0.39, 0.29) is 22.1 Å². The number of fused-ring (bicyclic) bond motifs is 1.